The van der Waals surface area contributed by atoms with Gasteiger partial charge in [0.25, 0.3) is 5.56 Å². The molecule has 1 aliphatic rings. The van der Waals surface area contributed by atoms with Crippen LogP contribution in [0.5, 0.6) is 5.75 Å². The monoisotopic (exact) mass is 342 g/mol. The van der Waals surface area contributed by atoms with Gasteiger partial charge in [0.1, 0.15) is 5.75 Å². The molecular weight excluding hydrogens is 320 g/mol. The maximum Gasteiger partial charge on any atom is 0.266 e. The Bertz CT molecular complexity index is 764. The maximum atomic E-state index is 12.4. The number of hydrogen-bond donors (Lipinski definition) is 2. The molecule has 1 amide bonds. The van der Waals surface area contributed by atoms with Crippen molar-refractivity contribution in [2.45, 2.75) is 19.4 Å². The van der Waals surface area contributed by atoms with Crippen molar-refractivity contribution in [1.29, 1.82) is 0 Å². The summed E-state index contributed by atoms with van der Waals surface area (Å²) in [6.45, 7) is 2.00. The Morgan fingerprint density at radius 1 is 1.32 bits per heavy atom. The minimum absolute atomic E-state index is 0.00412. The third-order valence-corrected chi connectivity index (χ3v) is 4.51. The van der Waals surface area contributed by atoms with E-state index in [9.17, 15) is 9.59 Å². The van der Waals surface area contributed by atoms with Crippen LogP contribution in [-0.2, 0) is 11.3 Å². The lowest BCUT2D eigenvalue weighted by Crippen LogP contribution is -2.40. The Balaban J connectivity index is 1.48. The van der Waals surface area contributed by atoms with E-state index in [-0.39, 0.29) is 17.4 Å². The van der Waals surface area contributed by atoms with E-state index < -0.39 is 0 Å². The summed E-state index contributed by atoms with van der Waals surface area (Å²) in [6.07, 6.45) is 3.17. The van der Waals surface area contributed by atoms with Gasteiger partial charge in [-0.1, -0.05) is 12.1 Å². The first-order valence-corrected chi connectivity index (χ1v) is 8.36. The van der Waals surface area contributed by atoms with Crippen LogP contribution in [0.2, 0.25) is 0 Å². The standard InChI is InChI=1S/C18H22N4O3/c1-25-16-4-2-13(3-5-16)11-19-18(24)14-6-8-22(9-7-14)15-10-17(23)21-20-12-15/h2-5,10,12,14H,6-9,11H2,1H3,(H,19,24)(H,21,23). The van der Waals surface area contributed by atoms with Crippen LogP contribution in [0.25, 0.3) is 0 Å². The van der Waals surface area contributed by atoms with Gasteiger partial charge < -0.3 is 15.0 Å². The van der Waals surface area contributed by atoms with Gasteiger partial charge in [-0.15, -0.1) is 0 Å². The van der Waals surface area contributed by atoms with Gasteiger partial charge in [-0.05, 0) is 30.5 Å². The number of methoxy groups -OCH3 is 1. The van der Waals surface area contributed by atoms with E-state index >= 15 is 0 Å². The molecule has 1 aromatic heterocycles. The molecule has 2 aromatic rings. The number of piperidine rings is 1. The molecule has 0 spiro atoms. The smallest absolute Gasteiger partial charge is 0.266 e. The van der Waals surface area contributed by atoms with Crippen LogP contribution in [0, 0.1) is 5.92 Å². The van der Waals surface area contributed by atoms with E-state index in [0.717, 1.165) is 42.9 Å². The highest BCUT2D eigenvalue weighted by Gasteiger charge is 2.25. The first-order chi connectivity index (χ1) is 12.2. The molecule has 3 rings (SSSR count). The first kappa shape index (κ1) is 17.0. The Hall–Kier alpha value is -2.83. The SMILES string of the molecule is COc1ccc(CNC(=O)C2CCN(c3cn[nH]c(=O)c3)CC2)cc1. The highest BCUT2D eigenvalue weighted by Crippen LogP contribution is 2.22. The van der Waals surface area contributed by atoms with E-state index in [2.05, 4.69) is 20.4 Å². The molecule has 25 heavy (non-hydrogen) atoms. The fourth-order valence-electron chi connectivity index (χ4n) is 3.02. The van der Waals surface area contributed by atoms with Crippen LogP contribution in [0.1, 0.15) is 18.4 Å². The lowest BCUT2D eigenvalue weighted by atomic mass is 9.95. The van der Waals surface area contributed by atoms with Gasteiger partial charge in [0.05, 0.1) is 19.0 Å². The Kier molecular flexibility index (Phi) is 5.33. The molecule has 0 radical (unpaired) electrons. The summed E-state index contributed by atoms with van der Waals surface area (Å²) >= 11 is 0. The first-order valence-electron chi connectivity index (χ1n) is 8.36. The number of benzene rings is 1. The van der Waals surface area contributed by atoms with Crippen LogP contribution >= 0.6 is 0 Å². The summed E-state index contributed by atoms with van der Waals surface area (Å²) in [5.74, 6) is 0.889. The summed E-state index contributed by atoms with van der Waals surface area (Å²) in [7, 11) is 1.63. The minimum Gasteiger partial charge on any atom is -0.497 e. The summed E-state index contributed by atoms with van der Waals surface area (Å²) in [6, 6.07) is 9.20. The van der Waals surface area contributed by atoms with Crippen LogP contribution in [0.4, 0.5) is 5.69 Å². The highest BCUT2D eigenvalue weighted by atomic mass is 16.5. The number of amides is 1. The van der Waals surface area contributed by atoms with Gasteiger partial charge in [0.15, 0.2) is 0 Å². The number of carbonyl (C=O) groups excluding carboxylic acids is 1. The zero-order chi connectivity index (χ0) is 17.6. The predicted molar refractivity (Wildman–Crippen MR) is 94.6 cm³/mol. The lowest BCUT2D eigenvalue weighted by molar-refractivity contribution is -0.125. The second kappa shape index (κ2) is 7.83. The molecule has 0 unspecified atom stereocenters. The zero-order valence-corrected chi connectivity index (χ0v) is 14.2. The van der Waals surface area contributed by atoms with Gasteiger partial charge >= 0.3 is 0 Å². The molecular formula is C18H22N4O3. The molecule has 1 aromatic carbocycles. The summed E-state index contributed by atoms with van der Waals surface area (Å²) in [4.78, 5) is 25.8. The van der Waals surface area contributed by atoms with Gasteiger partial charge in [-0.3, -0.25) is 9.59 Å². The number of ether oxygens (including phenoxy) is 1. The average Bonchev–Trinajstić information content (AvgIpc) is 2.66. The van der Waals surface area contributed by atoms with Crippen molar-refractivity contribution < 1.29 is 9.53 Å². The molecule has 2 N–H and O–H groups in total. The van der Waals surface area contributed by atoms with Crippen LogP contribution in [-0.4, -0.2) is 36.3 Å². The number of aromatic amines is 1. The second-order valence-corrected chi connectivity index (χ2v) is 6.13. The van der Waals surface area contributed by atoms with Crippen molar-refractivity contribution >= 4 is 11.6 Å². The number of aromatic nitrogens is 2. The van der Waals surface area contributed by atoms with Crippen molar-refractivity contribution in [2.24, 2.45) is 5.92 Å². The van der Waals surface area contributed by atoms with Gasteiger partial charge in [-0.2, -0.15) is 5.10 Å². The molecule has 7 nitrogen and oxygen atoms in total. The number of hydrogen-bond acceptors (Lipinski definition) is 5. The van der Waals surface area contributed by atoms with Crippen LogP contribution in [0.3, 0.4) is 0 Å². The van der Waals surface area contributed by atoms with Crippen LogP contribution in [0.15, 0.2) is 41.3 Å². The molecule has 7 heteroatoms. The Morgan fingerprint density at radius 3 is 2.68 bits per heavy atom. The average molecular weight is 342 g/mol. The van der Waals surface area contributed by atoms with E-state index in [4.69, 9.17) is 4.74 Å². The molecule has 0 saturated carbocycles. The summed E-state index contributed by atoms with van der Waals surface area (Å²) < 4.78 is 5.13. The third kappa shape index (κ3) is 4.37. The quantitative estimate of drug-likeness (QED) is 0.855. The second-order valence-electron chi connectivity index (χ2n) is 6.13. The molecule has 0 aliphatic carbocycles. The van der Waals surface area contributed by atoms with E-state index in [0.29, 0.717) is 6.54 Å². The number of anilines is 1. The van der Waals surface area contributed by atoms with E-state index in [1.54, 1.807) is 13.3 Å². The number of nitrogens with one attached hydrogen (secondary N) is 2. The van der Waals surface area contributed by atoms with Crippen molar-refractivity contribution in [3.05, 3.63) is 52.4 Å². The molecule has 0 atom stereocenters. The molecule has 1 saturated heterocycles. The molecule has 132 valence electrons. The van der Waals surface area contributed by atoms with Gasteiger partial charge in [0.2, 0.25) is 5.91 Å². The highest BCUT2D eigenvalue weighted by molar-refractivity contribution is 5.79. The number of rotatable bonds is 5. The fourth-order valence-corrected chi connectivity index (χ4v) is 3.02. The van der Waals surface area contributed by atoms with Crippen molar-refractivity contribution in [3.8, 4) is 5.75 Å². The Labute approximate surface area is 146 Å². The lowest BCUT2D eigenvalue weighted by Gasteiger charge is -2.32. The fraction of sp³-hybridized carbons (Fsp3) is 0.389. The van der Waals surface area contributed by atoms with Crippen molar-refractivity contribution in [2.75, 3.05) is 25.1 Å². The third-order valence-electron chi connectivity index (χ3n) is 4.51. The van der Waals surface area contributed by atoms with Crippen molar-refractivity contribution in [1.82, 2.24) is 15.5 Å². The largest absolute Gasteiger partial charge is 0.497 e. The molecule has 0 bridgehead atoms. The van der Waals surface area contributed by atoms with E-state index in [1.807, 2.05) is 24.3 Å². The van der Waals surface area contributed by atoms with Crippen molar-refractivity contribution in [3.63, 3.8) is 0 Å². The number of carbonyl (C=O) groups is 1. The van der Waals surface area contributed by atoms with E-state index in [1.165, 1.54) is 6.07 Å². The van der Waals surface area contributed by atoms with Crippen LogP contribution < -0.4 is 20.5 Å². The van der Waals surface area contributed by atoms with Gasteiger partial charge in [-0.25, -0.2) is 5.10 Å². The molecule has 1 fully saturated rings. The zero-order valence-electron chi connectivity index (χ0n) is 14.2. The number of H-pyrrole nitrogens is 1. The molecule has 1 aliphatic heterocycles. The summed E-state index contributed by atoms with van der Waals surface area (Å²) in [5.41, 5.74) is 1.64. The summed E-state index contributed by atoms with van der Waals surface area (Å²) in [5, 5.41) is 9.20. The molecule has 2 heterocycles. The minimum atomic E-state index is -0.211. The Morgan fingerprint density at radius 2 is 2.04 bits per heavy atom. The normalized spacial score (nSPS) is 15.0. The van der Waals surface area contributed by atoms with Gasteiger partial charge in [0, 0.05) is 31.6 Å². The topological polar surface area (TPSA) is 87.3 Å². The number of nitrogens with zero attached hydrogens (tertiary/aromatic N) is 2. The predicted octanol–water partition coefficient (Wildman–Crippen LogP) is 1.31. The maximum absolute atomic E-state index is 12.4.